The molecule has 1 atom stereocenters. The molecule has 3 N–H and O–H groups in total. The normalized spacial score (nSPS) is 15.6. The SMILES string of the molecule is CC(C)(C)OC(=O)NCC(O/N=C(/C(=O)O)c1csc(NC=O)n1)C1CC1. The Bertz CT molecular complexity index is 723. The van der Waals surface area contributed by atoms with Crippen molar-refractivity contribution in [2.24, 2.45) is 11.1 Å². The molecule has 1 aromatic heterocycles. The standard InChI is InChI=1S/C16H22N4O6S/c1-16(2,3)25-15(24)17-6-11(9-4-5-9)26-20-12(13(22)23)10-7-27-14(19-10)18-8-21/h7-9,11H,4-6H2,1-3H3,(H,17,24)(H,22,23)(H,18,19,21)/b20-12+. The second kappa shape index (κ2) is 8.80. The quantitative estimate of drug-likeness (QED) is 0.327. The Morgan fingerprint density at radius 1 is 1.48 bits per heavy atom. The molecule has 1 aliphatic carbocycles. The molecule has 0 aromatic carbocycles. The van der Waals surface area contributed by atoms with Crippen LogP contribution < -0.4 is 10.6 Å². The van der Waals surface area contributed by atoms with Gasteiger partial charge in [0.2, 0.25) is 12.1 Å². The van der Waals surface area contributed by atoms with E-state index in [1.165, 1.54) is 5.38 Å². The number of aromatic nitrogens is 1. The number of nitrogens with one attached hydrogen (secondary N) is 2. The number of oxime groups is 1. The van der Waals surface area contributed by atoms with Crippen LogP contribution in [-0.2, 0) is 19.2 Å². The number of rotatable bonds is 9. The maximum absolute atomic E-state index is 11.8. The van der Waals surface area contributed by atoms with Crippen LogP contribution in [0.5, 0.6) is 0 Å². The van der Waals surface area contributed by atoms with Crippen molar-refractivity contribution in [2.75, 3.05) is 11.9 Å². The molecule has 10 nitrogen and oxygen atoms in total. The van der Waals surface area contributed by atoms with E-state index in [1.807, 2.05) is 0 Å². The first-order valence-corrected chi connectivity index (χ1v) is 9.17. The zero-order chi connectivity index (χ0) is 20.0. The Hall–Kier alpha value is -2.69. The van der Waals surface area contributed by atoms with Crippen molar-refractivity contribution in [3.8, 4) is 0 Å². The van der Waals surface area contributed by atoms with Crippen molar-refractivity contribution in [2.45, 2.75) is 45.3 Å². The largest absolute Gasteiger partial charge is 0.476 e. The number of aliphatic carboxylic acids is 1. The maximum Gasteiger partial charge on any atom is 0.407 e. The Labute approximate surface area is 159 Å². The van der Waals surface area contributed by atoms with Crippen molar-refractivity contribution < 1.29 is 29.1 Å². The molecule has 0 radical (unpaired) electrons. The molecular weight excluding hydrogens is 376 g/mol. The van der Waals surface area contributed by atoms with Crippen LogP contribution in [0.2, 0.25) is 0 Å². The predicted molar refractivity (Wildman–Crippen MR) is 97.8 cm³/mol. The van der Waals surface area contributed by atoms with Crippen molar-refractivity contribution in [1.82, 2.24) is 10.3 Å². The van der Waals surface area contributed by atoms with Crippen LogP contribution in [0.4, 0.5) is 9.93 Å². The van der Waals surface area contributed by atoms with Gasteiger partial charge in [-0.05, 0) is 33.6 Å². The Balaban J connectivity index is 2.01. The molecular formula is C16H22N4O6S. The molecule has 1 heterocycles. The van der Waals surface area contributed by atoms with Gasteiger partial charge in [0, 0.05) is 11.3 Å². The Kier molecular flexibility index (Phi) is 6.72. The van der Waals surface area contributed by atoms with Crippen LogP contribution in [-0.4, -0.2) is 52.5 Å². The van der Waals surface area contributed by atoms with Gasteiger partial charge in [-0.2, -0.15) is 0 Å². The Morgan fingerprint density at radius 2 is 2.19 bits per heavy atom. The van der Waals surface area contributed by atoms with E-state index in [1.54, 1.807) is 20.8 Å². The molecule has 2 amide bonds. The number of carbonyl (C=O) groups excluding carboxylic acids is 2. The first kappa shape index (κ1) is 20.6. The molecule has 0 aliphatic heterocycles. The third kappa shape index (κ3) is 6.85. The summed E-state index contributed by atoms with van der Waals surface area (Å²) in [6.45, 7) is 5.41. The number of hydrogen-bond donors (Lipinski definition) is 3. The number of nitrogens with zero attached hydrogens (tertiary/aromatic N) is 2. The van der Waals surface area contributed by atoms with Crippen molar-refractivity contribution >= 4 is 40.7 Å². The molecule has 0 bridgehead atoms. The summed E-state index contributed by atoms with van der Waals surface area (Å²) in [6, 6.07) is 0. The summed E-state index contributed by atoms with van der Waals surface area (Å²) in [5, 5.41) is 19.7. The van der Waals surface area contributed by atoms with E-state index in [0.29, 0.717) is 6.41 Å². The number of thiazole rings is 1. The molecule has 1 aliphatic rings. The van der Waals surface area contributed by atoms with Gasteiger partial charge in [0.05, 0.1) is 6.54 Å². The molecule has 1 unspecified atom stereocenters. The van der Waals surface area contributed by atoms with E-state index in [2.05, 4.69) is 20.8 Å². The minimum absolute atomic E-state index is 0.0755. The highest BCUT2D eigenvalue weighted by molar-refractivity contribution is 7.14. The third-order valence-corrected chi connectivity index (χ3v) is 4.18. The Morgan fingerprint density at radius 3 is 2.74 bits per heavy atom. The van der Waals surface area contributed by atoms with E-state index in [4.69, 9.17) is 9.57 Å². The predicted octanol–water partition coefficient (Wildman–Crippen LogP) is 1.82. The van der Waals surface area contributed by atoms with Gasteiger partial charge < -0.3 is 25.3 Å². The van der Waals surface area contributed by atoms with Crippen LogP contribution in [0.1, 0.15) is 39.3 Å². The van der Waals surface area contributed by atoms with Gasteiger partial charge >= 0.3 is 12.1 Å². The summed E-state index contributed by atoms with van der Waals surface area (Å²) in [7, 11) is 0. The average molecular weight is 398 g/mol. The van der Waals surface area contributed by atoms with Gasteiger partial charge in [0.1, 0.15) is 17.4 Å². The zero-order valence-corrected chi connectivity index (χ0v) is 16.0. The summed E-state index contributed by atoms with van der Waals surface area (Å²) in [5.41, 5.74) is -0.924. The second-order valence-corrected chi connectivity index (χ2v) is 7.77. The van der Waals surface area contributed by atoms with Crippen molar-refractivity contribution in [3.63, 3.8) is 0 Å². The third-order valence-electron chi connectivity index (χ3n) is 3.41. The fraction of sp³-hybridized carbons (Fsp3) is 0.562. The van der Waals surface area contributed by atoms with E-state index >= 15 is 0 Å². The maximum atomic E-state index is 11.8. The smallest absolute Gasteiger partial charge is 0.407 e. The highest BCUT2D eigenvalue weighted by Gasteiger charge is 2.34. The fourth-order valence-electron chi connectivity index (χ4n) is 2.07. The van der Waals surface area contributed by atoms with Crippen LogP contribution >= 0.6 is 11.3 Å². The second-order valence-electron chi connectivity index (χ2n) is 6.91. The number of carboxylic acid groups (broad SMARTS) is 1. The summed E-state index contributed by atoms with van der Waals surface area (Å²) in [5.74, 6) is -1.13. The number of carboxylic acids is 1. The number of hydrogen-bond acceptors (Lipinski definition) is 8. The summed E-state index contributed by atoms with van der Waals surface area (Å²) >= 11 is 1.07. The van der Waals surface area contributed by atoms with E-state index in [9.17, 15) is 19.5 Å². The molecule has 1 fully saturated rings. The molecule has 0 saturated heterocycles. The van der Waals surface area contributed by atoms with Crippen LogP contribution in [0.15, 0.2) is 10.5 Å². The van der Waals surface area contributed by atoms with Gasteiger partial charge in [-0.1, -0.05) is 5.16 Å². The fourth-order valence-corrected chi connectivity index (χ4v) is 2.73. The monoisotopic (exact) mass is 398 g/mol. The molecule has 1 aromatic rings. The van der Waals surface area contributed by atoms with Gasteiger partial charge in [0.15, 0.2) is 5.13 Å². The number of anilines is 1. The van der Waals surface area contributed by atoms with Crippen molar-refractivity contribution in [3.05, 3.63) is 11.1 Å². The van der Waals surface area contributed by atoms with E-state index in [-0.39, 0.29) is 29.0 Å². The lowest BCUT2D eigenvalue weighted by atomic mass is 10.2. The molecule has 0 spiro atoms. The zero-order valence-electron chi connectivity index (χ0n) is 15.2. The number of amides is 2. The van der Waals surface area contributed by atoms with Crippen LogP contribution in [0, 0.1) is 5.92 Å². The first-order valence-electron chi connectivity index (χ1n) is 8.29. The van der Waals surface area contributed by atoms with E-state index in [0.717, 1.165) is 24.2 Å². The highest BCUT2D eigenvalue weighted by atomic mass is 32.1. The summed E-state index contributed by atoms with van der Waals surface area (Å²) in [6.07, 6.45) is 1.20. The minimum Gasteiger partial charge on any atom is -0.476 e. The number of alkyl carbamates (subject to hydrolysis) is 1. The number of ether oxygens (including phenoxy) is 1. The topological polar surface area (TPSA) is 139 Å². The van der Waals surface area contributed by atoms with Gasteiger partial charge in [-0.15, -0.1) is 11.3 Å². The van der Waals surface area contributed by atoms with Crippen LogP contribution in [0.3, 0.4) is 0 Å². The van der Waals surface area contributed by atoms with Gasteiger partial charge in [-0.25, -0.2) is 14.6 Å². The minimum atomic E-state index is -1.31. The lowest BCUT2D eigenvalue weighted by Crippen LogP contribution is -2.38. The summed E-state index contributed by atoms with van der Waals surface area (Å²) < 4.78 is 5.17. The van der Waals surface area contributed by atoms with Crippen molar-refractivity contribution in [1.29, 1.82) is 0 Å². The molecule has 11 heteroatoms. The highest BCUT2D eigenvalue weighted by Crippen LogP contribution is 2.34. The average Bonchev–Trinajstić information content (AvgIpc) is 3.29. The lowest BCUT2D eigenvalue weighted by molar-refractivity contribution is -0.129. The van der Waals surface area contributed by atoms with Gasteiger partial charge in [0.25, 0.3) is 0 Å². The summed E-state index contributed by atoms with van der Waals surface area (Å²) in [4.78, 5) is 43.0. The van der Waals surface area contributed by atoms with Crippen LogP contribution in [0.25, 0.3) is 0 Å². The van der Waals surface area contributed by atoms with Gasteiger partial charge in [-0.3, -0.25) is 4.79 Å². The molecule has 27 heavy (non-hydrogen) atoms. The van der Waals surface area contributed by atoms with E-state index < -0.39 is 23.8 Å². The molecule has 148 valence electrons. The first-order chi connectivity index (χ1) is 12.7. The number of carbonyl (C=O) groups is 3. The molecule has 2 rings (SSSR count). The lowest BCUT2D eigenvalue weighted by Gasteiger charge is -2.21. The molecule has 1 saturated carbocycles.